The Balaban J connectivity index is 2.75. The van der Waals surface area contributed by atoms with Gasteiger partial charge in [-0.3, -0.25) is 5.43 Å². The summed E-state index contributed by atoms with van der Waals surface area (Å²) in [5.74, 6) is 6.27. The van der Waals surface area contributed by atoms with Crippen molar-refractivity contribution >= 4 is 5.96 Å². The fourth-order valence-corrected chi connectivity index (χ4v) is 1.84. The van der Waals surface area contributed by atoms with Gasteiger partial charge in [-0.05, 0) is 19.4 Å². The van der Waals surface area contributed by atoms with Crippen LogP contribution in [0.4, 0.5) is 0 Å². The van der Waals surface area contributed by atoms with Crippen molar-refractivity contribution in [2.45, 2.75) is 26.4 Å². The Kier molecular flexibility index (Phi) is 6.92. The monoisotopic (exact) mass is 264 g/mol. The summed E-state index contributed by atoms with van der Waals surface area (Å²) in [6.07, 6.45) is 0. The summed E-state index contributed by atoms with van der Waals surface area (Å²) in [7, 11) is 1.67. The lowest BCUT2D eigenvalue weighted by Gasteiger charge is -2.25. The highest BCUT2D eigenvalue weighted by molar-refractivity contribution is 5.79. The predicted molar refractivity (Wildman–Crippen MR) is 78.6 cm³/mol. The molecule has 1 aromatic rings. The van der Waals surface area contributed by atoms with Crippen LogP contribution in [0.25, 0.3) is 0 Å². The molecule has 1 atom stereocenters. The van der Waals surface area contributed by atoms with Gasteiger partial charge in [-0.15, -0.1) is 0 Å². The van der Waals surface area contributed by atoms with E-state index in [2.05, 4.69) is 34.4 Å². The Bertz CT molecular complexity index is 380. The van der Waals surface area contributed by atoms with Gasteiger partial charge in [-0.1, -0.05) is 30.3 Å². The van der Waals surface area contributed by atoms with Crippen molar-refractivity contribution in [3.05, 3.63) is 35.9 Å². The summed E-state index contributed by atoms with van der Waals surface area (Å²) in [6.45, 7) is 6.26. The third kappa shape index (κ3) is 5.28. The minimum absolute atomic E-state index is 0.0703. The highest BCUT2D eigenvalue weighted by atomic mass is 16.5. The van der Waals surface area contributed by atoms with Crippen molar-refractivity contribution in [3.63, 3.8) is 0 Å². The summed E-state index contributed by atoms with van der Waals surface area (Å²) in [6, 6.07) is 10.3. The molecular formula is C14H24N4O. The lowest BCUT2D eigenvalue weighted by Crippen LogP contribution is -2.45. The van der Waals surface area contributed by atoms with E-state index in [0.29, 0.717) is 12.6 Å². The van der Waals surface area contributed by atoms with Crippen LogP contribution in [0.3, 0.4) is 0 Å². The first-order chi connectivity index (χ1) is 9.21. The van der Waals surface area contributed by atoms with Crippen LogP contribution in [-0.4, -0.2) is 37.2 Å². The molecule has 5 nitrogen and oxygen atoms in total. The van der Waals surface area contributed by atoms with Gasteiger partial charge < -0.3 is 9.64 Å². The molecule has 1 aromatic carbocycles. The molecule has 0 spiro atoms. The van der Waals surface area contributed by atoms with E-state index in [1.807, 2.05) is 25.1 Å². The first kappa shape index (κ1) is 15.5. The summed E-state index contributed by atoms with van der Waals surface area (Å²) in [5.41, 5.74) is 3.91. The highest BCUT2D eigenvalue weighted by Crippen LogP contribution is 2.05. The Morgan fingerprint density at radius 1 is 1.42 bits per heavy atom. The Hall–Kier alpha value is -1.59. The van der Waals surface area contributed by atoms with E-state index < -0.39 is 0 Å². The number of hydrogen-bond donors (Lipinski definition) is 2. The van der Waals surface area contributed by atoms with Gasteiger partial charge in [0.1, 0.15) is 0 Å². The van der Waals surface area contributed by atoms with Crippen LogP contribution in [0.1, 0.15) is 19.4 Å². The molecule has 1 unspecified atom stereocenters. The molecule has 0 saturated carbocycles. The second-order valence-corrected chi connectivity index (χ2v) is 4.40. The van der Waals surface area contributed by atoms with Crippen molar-refractivity contribution in [2.75, 3.05) is 20.3 Å². The second kappa shape index (κ2) is 8.50. The quantitative estimate of drug-likeness (QED) is 0.352. The zero-order chi connectivity index (χ0) is 14.1. The molecular weight excluding hydrogens is 240 g/mol. The van der Waals surface area contributed by atoms with E-state index in [1.54, 1.807) is 7.11 Å². The Morgan fingerprint density at radius 2 is 2.11 bits per heavy atom. The molecule has 0 fully saturated rings. The molecule has 0 aliphatic rings. The molecule has 0 heterocycles. The molecule has 0 saturated heterocycles. The van der Waals surface area contributed by atoms with E-state index in [0.717, 1.165) is 13.1 Å². The standard InChI is InChI=1S/C14H24N4O/c1-4-18(10-13-8-6-5-7-9-13)14(17-15)16-12(2)11-19-3/h5-9,12H,4,10-11,15H2,1-3H3,(H,16,17). The molecule has 1 rings (SSSR count). The number of benzene rings is 1. The number of nitrogens with zero attached hydrogens (tertiary/aromatic N) is 2. The van der Waals surface area contributed by atoms with Gasteiger partial charge in [0.2, 0.25) is 5.96 Å². The summed E-state index contributed by atoms with van der Waals surface area (Å²) in [5, 5.41) is 0. The van der Waals surface area contributed by atoms with Gasteiger partial charge in [0.25, 0.3) is 0 Å². The minimum Gasteiger partial charge on any atom is -0.382 e. The molecule has 0 radical (unpaired) electrons. The fourth-order valence-electron chi connectivity index (χ4n) is 1.84. The second-order valence-electron chi connectivity index (χ2n) is 4.40. The van der Waals surface area contributed by atoms with E-state index in [1.165, 1.54) is 5.56 Å². The highest BCUT2D eigenvalue weighted by Gasteiger charge is 2.10. The number of nitrogens with one attached hydrogen (secondary N) is 1. The smallest absolute Gasteiger partial charge is 0.209 e. The van der Waals surface area contributed by atoms with E-state index in [-0.39, 0.29) is 6.04 Å². The number of hydrazine groups is 1. The maximum absolute atomic E-state index is 5.58. The van der Waals surface area contributed by atoms with Crippen LogP contribution >= 0.6 is 0 Å². The summed E-state index contributed by atoms with van der Waals surface area (Å²) < 4.78 is 5.09. The topological polar surface area (TPSA) is 62.9 Å². The van der Waals surface area contributed by atoms with Crippen molar-refractivity contribution in [1.29, 1.82) is 0 Å². The van der Waals surface area contributed by atoms with Crippen molar-refractivity contribution < 1.29 is 4.74 Å². The molecule has 0 aliphatic heterocycles. The van der Waals surface area contributed by atoms with Crippen molar-refractivity contribution in [3.8, 4) is 0 Å². The number of aliphatic imine (C=N–C) groups is 1. The number of ether oxygens (including phenoxy) is 1. The minimum atomic E-state index is 0.0703. The molecule has 5 heteroatoms. The fraction of sp³-hybridized carbons (Fsp3) is 0.500. The normalized spacial score (nSPS) is 13.2. The number of rotatable bonds is 6. The van der Waals surface area contributed by atoms with Gasteiger partial charge in [0.15, 0.2) is 0 Å². The van der Waals surface area contributed by atoms with Gasteiger partial charge in [-0.2, -0.15) is 0 Å². The van der Waals surface area contributed by atoms with Crippen LogP contribution in [0.15, 0.2) is 35.3 Å². The molecule has 0 aliphatic carbocycles. The number of hydrogen-bond acceptors (Lipinski definition) is 3. The number of methoxy groups -OCH3 is 1. The number of guanidine groups is 1. The largest absolute Gasteiger partial charge is 0.382 e. The van der Waals surface area contributed by atoms with Gasteiger partial charge in [0, 0.05) is 20.2 Å². The average Bonchev–Trinajstić information content (AvgIpc) is 2.44. The molecule has 106 valence electrons. The first-order valence-corrected chi connectivity index (χ1v) is 6.53. The summed E-state index contributed by atoms with van der Waals surface area (Å²) in [4.78, 5) is 6.63. The molecule has 0 aromatic heterocycles. The van der Waals surface area contributed by atoms with Gasteiger partial charge >= 0.3 is 0 Å². The van der Waals surface area contributed by atoms with Crippen molar-refractivity contribution in [1.82, 2.24) is 10.3 Å². The third-order valence-corrected chi connectivity index (χ3v) is 2.78. The zero-order valence-electron chi connectivity index (χ0n) is 12.0. The molecule has 0 amide bonds. The van der Waals surface area contributed by atoms with Gasteiger partial charge in [-0.25, -0.2) is 10.8 Å². The number of nitrogens with two attached hydrogens (primary N) is 1. The van der Waals surface area contributed by atoms with Crippen LogP contribution in [0.5, 0.6) is 0 Å². The maximum atomic E-state index is 5.58. The van der Waals surface area contributed by atoms with Crippen LogP contribution in [-0.2, 0) is 11.3 Å². The van der Waals surface area contributed by atoms with Crippen LogP contribution in [0, 0.1) is 0 Å². The first-order valence-electron chi connectivity index (χ1n) is 6.53. The molecule has 3 N–H and O–H groups in total. The molecule has 0 bridgehead atoms. The summed E-state index contributed by atoms with van der Waals surface area (Å²) >= 11 is 0. The van der Waals surface area contributed by atoms with Crippen LogP contribution in [0.2, 0.25) is 0 Å². The van der Waals surface area contributed by atoms with Crippen LogP contribution < -0.4 is 11.3 Å². The zero-order valence-corrected chi connectivity index (χ0v) is 12.0. The SMILES string of the molecule is CCN(Cc1ccccc1)C(=NC(C)COC)NN. The van der Waals surface area contributed by atoms with Crippen molar-refractivity contribution in [2.24, 2.45) is 10.8 Å². The van der Waals surface area contributed by atoms with E-state index >= 15 is 0 Å². The third-order valence-electron chi connectivity index (χ3n) is 2.78. The van der Waals surface area contributed by atoms with E-state index in [4.69, 9.17) is 10.6 Å². The predicted octanol–water partition coefficient (Wildman–Crippen LogP) is 1.36. The van der Waals surface area contributed by atoms with Gasteiger partial charge in [0.05, 0.1) is 12.6 Å². The lowest BCUT2D eigenvalue weighted by atomic mass is 10.2. The van der Waals surface area contributed by atoms with E-state index in [9.17, 15) is 0 Å². The average molecular weight is 264 g/mol. The Labute approximate surface area is 115 Å². The Morgan fingerprint density at radius 3 is 2.63 bits per heavy atom. The maximum Gasteiger partial charge on any atom is 0.209 e. The molecule has 19 heavy (non-hydrogen) atoms. The lowest BCUT2D eigenvalue weighted by molar-refractivity contribution is 0.185.